The van der Waals surface area contributed by atoms with Gasteiger partial charge in [0.05, 0.1) is 0 Å². The zero-order valence-corrected chi connectivity index (χ0v) is 7.90. The first kappa shape index (κ1) is 9.67. The second-order valence-electron chi connectivity index (χ2n) is 3.21. The van der Waals surface area contributed by atoms with Crippen LogP contribution in [-0.4, -0.2) is 10.5 Å². The maximum absolute atomic E-state index is 12.9. The second kappa shape index (κ2) is 3.70. The van der Waals surface area contributed by atoms with Crippen molar-refractivity contribution in [3.8, 4) is 0 Å². The standard InChI is InChI=1S/C10H10FN3O/c11-8-1-2-9-7(5-8)3-4-14(9)6-10(15)13-12/h1-5H,6,12H2,(H,13,15). The van der Waals surface area contributed by atoms with E-state index in [2.05, 4.69) is 0 Å². The first-order valence-electron chi connectivity index (χ1n) is 4.44. The number of aromatic nitrogens is 1. The quantitative estimate of drug-likeness (QED) is 0.434. The van der Waals surface area contributed by atoms with Gasteiger partial charge in [0.2, 0.25) is 0 Å². The molecule has 3 N–H and O–H groups in total. The third kappa shape index (κ3) is 1.82. The lowest BCUT2D eigenvalue weighted by atomic mass is 10.2. The fraction of sp³-hybridized carbons (Fsp3) is 0.100. The molecular weight excluding hydrogens is 197 g/mol. The number of fused-ring (bicyclic) bond motifs is 1. The molecule has 0 aliphatic heterocycles. The summed E-state index contributed by atoms with van der Waals surface area (Å²) in [6, 6.07) is 6.17. The van der Waals surface area contributed by atoms with Crippen LogP contribution in [0.1, 0.15) is 0 Å². The molecule has 15 heavy (non-hydrogen) atoms. The van der Waals surface area contributed by atoms with E-state index in [1.165, 1.54) is 12.1 Å². The molecule has 1 heterocycles. The highest BCUT2D eigenvalue weighted by atomic mass is 19.1. The molecule has 0 aliphatic rings. The third-order valence-corrected chi connectivity index (χ3v) is 2.21. The third-order valence-electron chi connectivity index (χ3n) is 2.21. The van der Waals surface area contributed by atoms with Crippen LogP contribution < -0.4 is 11.3 Å². The number of hydrazine groups is 1. The van der Waals surface area contributed by atoms with Crippen LogP contribution in [0.15, 0.2) is 30.5 Å². The van der Waals surface area contributed by atoms with Gasteiger partial charge in [0.25, 0.3) is 5.91 Å². The lowest BCUT2D eigenvalue weighted by Gasteiger charge is -2.03. The number of nitrogens with zero attached hydrogens (tertiary/aromatic N) is 1. The molecular formula is C10H10FN3O. The molecule has 0 spiro atoms. The van der Waals surface area contributed by atoms with Gasteiger partial charge in [-0.1, -0.05) is 0 Å². The second-order valence-corrected chi connectivity index (χ2v) is 3.21. The van der Waals surface area contributed by atoms with E-state index in [-0.39, 0.29) is 18.3 Å². The Morgan fingerprint density at radius 1 is 1.47 bits per heavy atom. The largest absolute Gasteiger partial charge is 0.338 e. The first-order chi connectivity index (χ1) is 7.20. The van der Waals surface area contributed by atoms with Crippen LogP contribution in [0.25, 0.3) is 10.9 Å². The minimum atomic E-state index is -0.295. The number of halogens is 1. The van der Waals surface area contributed by atoms with Crippen molar-refractivity contribution >= 4 is 16.8 Å². The topological polar surface area (TPSA) is 60.0 Å². The van der Waals surface area contributed by atoms with E-state index in [9.17, 15) is 9.18 Å². The first-order valence-corrected chi connectivity index (χ1v) is 4.44. The summed E-state index contributed by atoms with van der Waals surface area (Å²) in [7, 11) is 0. The fourth-order valence-corrected chi connectivity index (χ4v) is 1.51. The maximum Gasteiger partial charge on any atom is 0.253 e. The van der Waals surface area contributed by atoms with E-state index in [4.69, 9.17) is 5.84 Å². The number of amides is 1. The van der Waals surface area contributed by atoms with Crippen molar-refractivity contribution < 1.29 is 9.18 Å². The summed E-state index contributed by atoms with van der Waals surface area (Å²) < 4.78 is 14.6. The summed E-state index contributed by atoms with van der Waals surface area (Å²) in [6.07, 6.45) is 1.72. The van der Waals surface area contributed by atoms with Crippen LogP contribution in [0, 0.1) is 5.82 Å². The molecule has 5 heteroatoms. The van der Waals surface area contributed by atoms with Crippen molar-refractivity contribution in [1.29, 1.82) is 0 Å². The number of carbonyl (C=O) groups is 1. The van der Waals surface area contributed by atoms with Crippen LogP contribution >= 0.6 is 0 Å². The summed E-state index contributed by atoms with van der Waals surface area (Å²) in [6.45, 7) is 0.131. The van der Waals surface area contributed by atoms with Gasteiger partial charge in [-0.05, 0) is 24.3 Å². The van der Waals surface area contributed by atoms with Gasteiger partial charge in [-0.25, -0.2) is 10.2 Å². The molecule has 2 rings (SSSR count). The molecule has 78 valence electrons. The van der Waals surface area contributed by atoms with Gasteiger partial charge < -0.3 is 4.57 Å². The molecule has 0 unspecified atom stereocenters. The number of benzene rings is 1. The normalized spacial score (nSPS) is 10.5. The molecule has 0 atom stereocenters. The molecule has 1 aromatic heterocycles. The number of nitrogens with one attached hydrogen (secondary N) is 1. The predicted molar refractivity (Wildman–Crippen MR) is 54.2 cm³/mol. The summed E-state index contributed by atoms with van der Waals surface area (Å²) in [5.74, 6) is 4.40. The molecule has 0 bridgehead atoms. The van der Waals surface area contributed by atoms with Gasteiger partial charge in [0.1, 0.15) is 12.4 Å². The molecule has 2 aromatic rings. The molecule has 1 amide bonds. The van der Waals surface area contributed by atoms with E-state index < -0.39 is 0 Å². The monoisotopic (exact) mass is 207 g/mol. The van der Waals surface area contributed by atoms with E-state index >= 15 is 0 Å². The Bertz CT molecular complexity index is 506. The Hall–Kier alpha value is -1.88. The summed E-state index contributed by atoms with van der Waals surface area (Å²) >= 11 is 0. The Morgan fingerprint density at radius 3 is 3.00 bits per heavy atom. The van der Waals surface area contributed by atoms with E-state index in [0.717, 1.165) is 10.9 Å². The van der Waals surface area contributed by atoms with Crippen LogP contribution in [0.3, 0.4) is 0 Å². The van der Waals surface area contributed by atoms with E-state index in [1.54, 1.807) is 22.9 Å². The Morgan fingerprint density at radius 2 is 2.27 bits per heavy atom. The maximum atomic E-state index is 12.9. The average molecular weight is 207 g/mol. The Balaban J connectivity index is 2.41. The lowest BCUT2D eigenvalue weighted by molar-refractivity contribution is -0.121. The fourth-order valence-electron chi connectivity index (χ4n) is 1.51. The van der Waals surface area contributed by atoms with E-state index in [1.807, 2.05) is 5.43 Å². The lowest BCUT2D eigenvalue weighted by Crippen LogP contribution is -2.33. The van der Waals surface area contributed by atoms with Crippen molar-refractivity contribution in [3.63, 3.8) is 0 Å². The van der Waals surface area contributed by atoms with Gasteiger partial charge in [-0.15, -0.1) is 0 Å². The molecule has 0 saturated carbocycles. The molecule has 0 radical (unpaired) electrons. The van der Waals surface area contributed by atoms with Crippen molar-refractivity contribution in [2.75, 3.05) is 0 Å². The number of rotatable bonds is 2. The summed E-state index contributed by atoms with van der Waals surface area (Å²) in [5.41, 5.74) is 2.85. The summed E-state index contributed by atoms with van der Waals surface area (Å²) in [5, 5.41) is 0.764. The molecule has 0 fully saturated rings. The number of hydrogen-bond donors (Lipinski definition) is 2. The van der Waals surface area contributed by atoms with Crippen molar-refractivity contribution in [3.05, 3.63) is 36.3 Å². The van der Waals surface area contributed by atoms with Gasteiger partial charge in [-0.2, -0.15) is 0 Å². The molecule has 0 saturated heterocycles. The predicted octanol–water partition coefficient (Wildman–Crippen LogP) is 0.770. The highest BCUT2D eigenvalue weighted by molar-refractivity contribution is 5.83. The highest BCUT2D eigenvalue weighted by Crippen LogP contribution is 2.16. The SMILES string of the molecule is NNC(=O)Cn1ccc2cc(F)ccc21. The number of hydrogen-bond acceptors (Lipinski definition) is 2. The van der Waals surface area contributed by atoms with Crippen LogP contribution in [0.2, 0.25) is 0 Å². The van der Waals surface area contributed by atoms with Crippen LogP contribution in [0.5, 0.6) is 0 Å². The van der Waals surface area contributed by atoms with E-state index in [0.29, 0.717) is 0 Å². The van der Waals surface area contributed by atoms with Crippen molar-refractivity contribution in [2.45, 2.75) is 6.54 Å². The van der Waals surface area contributed by atoms with Gasteiger partial charge >= 0.3 is 0 Å². The minimum Gasteiger partial charge on any atom is -0.338 e. The number of carbonyl (C=O) groups excluding carboxylic acids is 1. The zero-order valence-electron chi connectivity index (χ0n) is 7.90. The van der Waals surface area contributed by atoms with Crippen molar-refractivity contribution in [2.24, 2.45) is 5.84 Å². The van der Waals surface area contributed by atoms with Crippen LogP contribution in [0.4, 0.5) is 4.39 Å². The number of nitrogens with two attached hydrogens (primary N) is 1. The summed E-state index contributed by atoms with van der Waals surface area (Å²) in [4.78, 5) is 11.1. The van der Waals surface area contributed by atoms with Gasteiger partial charge in [0.15, 0.2) is 0 Å². The smallest absolute Gasteiger partial charge is 0.253 e. The zero-order chi connectivity index (χ0) is 10.8. The Labute approximate surface area is 85.4 Å². The van der Waals surface area contributed by atoms with Crippen molar-refractivity contribution in [1.82, 2.24) is 9.99 Å². The van der Waals surface area contributed by atoms with Crippen LogP contribution in [-0.2, 0) is 11.3 Å². The molecule has 4 nitrogen and oxygen atoms in total. The van der Waals surface area contributed by atoms with Gasteiger partial charge in [-0.3, -0.25) is 10.2 Å². The minimum absolute atomic E-state index is 0.131. The molecule has 1 aromatic carbocycles. The molecule has 0 aliphatic carbocycles. The van der Waals surface area contributed by atoms with Gasteiger partial charge in [0, 0.05) is 17.1 Å². The Kier molecular flexibility index (Phi) is 2.39. The average Bonchev–Trinajstić information content (AvgIpc) is 2.60. The highest BCUT2D eigenvalue weighted by Gasteiger charge is 2.05.